The molecule has 1 aromatic heterocycles. The number of nitrogens with zero attached hydrogens (tertiary/aromatic N) is 3. The molecule has 0 bridgehead atoms. The van der Waals surface area contributed by atoms with Crippen molar-refractivity contribution in [2.75, 3.05) is 20.6 Å². The second kappa shape index (κ2) is 9.67. The first-order valence-corrected chi connectivity index (χ1v) is 8.32. The Balaban J connectivity index is 1.92. The van der Waals surface area contributed by atoms with Crippen molar-refractivity contribution in [3.05, 3.63) is 65.5 Å². The second-order valence-corrected chi connectivity index (χ2v) is 5.92. The van der Waals surface area contributed by atoms with Crippen LogP contribution in [0.25, 0.3) is 0 Å². The number of guanidine groups is 1. The first kappa shape index (κ1) is 17.9. The number of benzene rings is 1. The van der Waals surface area contributed by atoms with Crippen molar-refractivity contribution >= 4 is 5.96 Å². The summed E-state index contributed by atoms with van der Waals surface area (Å²) in [6.07, 6.45) is 1.80. The highest BCUT2D eigenvalue weighted by molar-refractivity contribution is 5.79. The average Bonchev–Trinajstić information content (AvgIpc) is 2.59. The van der Waals surface area contributed by atoms with Gasteiger partial charge >= 0.3 is 0 Å². The number of rotatable bonds is 7. The summed E-state index contributed by atoms with van der Waals surface area (Å²) in [7, 11) is 4.16. The van der Waals surface area contributed by atoms with Crippen molar-refractivity contribution in [3.8, 4) is 0 Å². The Kier molecular flexibility index (Phi) is 7.23. The van der Waals surface area contributed by atoms with Crippen LogP contribution in [0.1, 0.15) is 23.7 Å². The van der Waals surface area contributed by atoms with Crippen molar-refractivity contribution in [1.82, 2.24) is 20.5 Å². The summed E-state index contributed by atoms with van der Waals surface area (Å²) >= 11 is 0. The molecule has 24 heavy (non-hydrogen) atoms. The first-order valence-electron chi connectivity index (χ1n) is 8.32. The smallest absolute Gasteiger partial charge is 0.191 e. The van der Waals surface area contributed by atoms with Crippen molar-refractivity contribution in [2.24, 2.45) is 4.99 Å². The Bertz CT molecular complexity index is 620. The van der Waals surface area contributed by atoms with Gasteiger partial charge in [-0.05, 0) is 44.3 Å². The van der Waals surface area contributed by atoms with Gasteiger partial charge in [0.25, 0.3) is 0 Å². The van der Waals surface area contributed by atoms with Crippen molar-refractivity contribution in [3.63, 3.8) is 0 Å². The monoisotopic (exact) mass is 325 g/mol. The summed E-state index contributed by atoms with van der Waals surface area (Å²) in [6, 6.07) is 14.5. The molecule has 0 amide bonds. The largest absolute Gasteiger partial charge is 0.357 e. The van der Waals surface area contributed by atoms with Gasteiger partial charge in [-0.15, -0.1) is 0 Å². The highest BCUT2D eigenvalue weighted by atomic mass is 15.2. The molecule has 0 saturated heterocycles. The van der Waals surface area contributed by atoms with Gasteiger partial charge in [0.15, 0.2) is 5.96 Å². The molecular weight excluding hydrogens is 298 g/mol. The molecule has 0 aliphatic carbocycles. The SMILES string of the molecule is CCNC(=NCc1ccc(CN(C)C)cc1)NCc1ccccn1. The Hall–Kier alpha value is -2.40. The molecule has 0 saturated carbocycles. The van der Waals surface area contributed by atoms with E-state index in [1.807, 2.05) is 18.2 Å². The van der Waals surface area contributed by atoms with Gasteiger partial charge in [-0.2, -0.15) is 0 Å². The van der Waals surface area contributed by atoms with E-state index in [-0.39, 0.29) is 0 Å². The van der Waals surface area contributed by atoms with E-state index in [0.717, 1.165) is 24.7 Å². The van der Waals surface area contributed by atoms with Gasteiger partial charge in [-0.25, -0.2) is 4.99 Å². The zero-order valence-corrected chi connectivity index (χ0v) is 14.8. The minimum atomic E-state index is 0.653. The van der Waals surface area contributed by atoms with E-state index in [9.17, 15) is 0 Å². The molecule has 0 spiro atoms. The maximum Gasteiger partial charge on any atom is 0.191 e. The fourth-order valence-electron chi connectivity index (χ4n) is 2.30. The van der Waals surface area contributed by atoms with Crippen LogP contribution < -0.4 is 10.6 Å². The van der Waals surface area contributed by atoms with E-state index in [4.69, 9.17) is 0 Å². The third-order valence-electron chi connectivity index (χ3n) is 3.45. The van der Waals surface area contributed by atoms with Crippen LogP contribution in [0.4, 0.5) is 0 Å². The van der Waals surface area contributed by atoms with Crippen LogP contribution in [0, 0.1) is 0 Å². The lowest BCUT2D eigenvalue weighted by Crippen LogP contribution is -2.36. The Morgan fingerprint density at radius 3 is 2.42 bits per heavy atom. The van der Waals surface area contributed by atoms with Crippen LogP contribution in [0.3, 0.4) is 0 Å². The quantitative estimate of drug-likeness (QED) is 0.606. The van der Waals surface area contributed by atoms with Crippen LogP contribution in [0.2, 0.25) is 0 Å². The molecule has 2 rings (SSSR count). The maximum absolute atomic E-state index is 4.65. The normalized spacial score (nSPS) is 11.6. The molecule has 5 nitrogen and oxygen atoms in total. The van der Waals surface area contributed by atoms with E-state index < -0.39 is 0 Å². The van der Waals surface area contributed by atoms with Crippen LogP contribution in [-0.2, 0) is 19.6 Å². The van der Waals surface area contributed by atoms with Crippen molar-refractivity contribution in [1.29, 1.82) is 0 Å². The second-order valence-electron chi connectivity index (χ2n) is 5.92. The first-order chi connectivity index (χ1) is 11.7. The van der Waals surface area contributed by atoms with E-state index in [1.54, 1.807) is 6.20 Å². The summed E-state index contributed by atoms with van der Waals surface area (Å²) in [5.74, 6) is 0.806. The summed E-state index contributed by atoms with van der Waals surface area (Å²) in [5.41, 5.74) is 3.51. The fourth-order valence-corrected chi connectivity index (χ4v) is 2.30. The van der Waals surface area contributed by atoms with Crippen LogP contribution >= 0.6 is 0 Å². The van der Waals surface area contributed by atoms with E-state index >= 15 is 0 Å². The molecule has 0 aliphatic rings. The standard InChI is InChI=1S/C19H27N5/c1-4-20-19(23-14-18-7-5-6-12-21-18)22-13-16-8-10-17(11-9-16)15-24(2)3/h5-12H,4,13-15H2,1-3H3,(H2,20,22,23). The molecule has 2 N–H and O–H groups in total. The van der Waals surface area contributed by atoms with Gasteiger partial charge in [0.05, 0.1) is 18.8 Å². The zero-order chi connectivity index (χ0) is 17.2. The molecule has 0 radical (unpaired) electrons. The zero-order valence-electron chi connectivity index (χ0n) is 14.8. The summed E-state index contributed by atoms with van der Waals surface area (Å²) in [4.78, 5) is 11.1. The molecular formula is C19H27N5. The van der Waals surface area contributed by atoms with Gasteiger partial charge in [-0.1, -0.05) is 30.3 Å². The number of hydrogen-bond acceptors (Lipinski definition) is 3. The molecule has 2 aromatic rings. The molecule has 5 heteroatoms. The predicted molar refractivity (Wildman–Crippen MR) is 99.7 cm³/mol. The topological polar surface area (TPSA) is 52.6 Å². The average molecular weight is 325 g/mol. The fraction of sp³-hybridized carbons (Fsp3) is 0.368. The number of aliphatic imine (C=N–C) groups is 1. The molecule has 1 aromatic carbocycles. The molecule has 0 fully saturated rings. The third-order valence-corrected chi connectivity index (χ3v) is 3.45. The van der Waals surface area contributed by atoms with E-state index in [0.29, 0.717) is 13.1 Å². The number of pyridine rings is 1. The Morgan fingerprint density at radius 2 is 1.79 bits per heavy atom. The van der Waals surface area contributed by atoms with Crippen molar-refractivity contribution < 1.29 is 0 Å². The number of nitrogens with one attached hydrogen (secondary N) is 2. The van der Waals surface area contributed by atoms with Crippen LogP contribution in [-0.4, -0.2) is 36.5 Å². The number of aromatic nitrogens is 1. The molecule has 0 aliphatic heterocycles. The van der Waals surface area contributed by atoms with Gasteiger partial charge in [0, 0.05) is 19.3 Å². The summed E-state index contributed by atoms with van der Waals surface area (Å²) < 4.78 is 0. The summed E-state index contributed by atoms with van der Waals surface area (Å²) in [6.45, 7) is 5.16. The van der Waals surface area contributed by atoms with E-state index in [2.05, 4.69) is 70.8 Å². The van der Waals surface area contributed by atoms with Gasteiger partial charge in [-0.3, -0.25) is 4.98 Å². The summed E-state index contributed by atoms with van der Waals surface area (Å²) in [5, 5.41) is 6.58. The Labute approximate surface area is 144 Å². The highest BCUT2D eigenvalue weighted by Crippen LogP contribution is 2.07. The minimum Gasteiger partial charge on any atom is -0.357 e. The number of hydrogen-bond donors (Lipinski definition) is 2. The molecule has 1 heterocycles. The van der Waals surface area contributed by atoms with Gasteiger partial charge in [0.1, 0.15) is 0 Å². The molecule has 128 valence electrons. The molecule has 0 atom stereocenters. The minimum absolute atomic E-state index is 0.653. The van der Waals surface area contributed by atoms with Crippen molar-refractivity contribution in [2.45, 2.75) is 26.6 Å². The molecule has 0 unspecified atom stereocenters. The van der Waals surface area contributed by atoms with Crippen LogP contribution in [0.15, 0.2) is 53.7 Å². The Morgan fingerprint density at radius 1 is 1.04 bits per heavy atom. The lowest BCUT2D eigenvalue weighted by atomic mass is 10.1. The highest BCUT2D eigenvalue weighted by Gasteiger charge is 2.00. The maximum atomic E-state index is 4.65. The lowest BCUT2D eigenvalue weighted by molar-refractivity contribution is 0.402. The van der Waals surface area contributed by atoms with Crippen LogP contribution in [0.5, 0.6) is 0 Å². The van der Waals surface area contributed by atoms with Gasteiger partial charge < -0.3 is 15.5 Å². The third kappa shape index (κ3) is 6.38. The lowest BCUT2D eigenvalue weighted by Gasteiger charge is -2.11. The van der Waals surface area contributed by atoms with Gasteiger partial charge in [0.2, 0.25) is 0 Å². The predicted octanol–water partition coefficient (Wildman–Crippen LogP) is 2.40. The van der Waals surface area contributed by atoms with E-state index in [1.165, 1.54) is 11.1 Å².